The van der Waals surface area contributed by atoms with E-state index in [1.54, 1.807) is 17.7 Å². The summed E-state index contributed by atoms with van der Waals surface area (Å²) in [6, 6.07) is 11.5. The molecule has 3 nitrogen and oxygen atoms in total. The second-order valence-corrected chi connectivity index (χ2v) is 5.22. The SMILES string of the molecule is C=CCOc1ccc(-c2ccc(I)c(=O)n2C)cc1. The molecule has 0 aliphatic heterocycles. The molecule has 1 heterocycles. The fraction of sp³-hybridized carbons (Fsp3) is 0.133. The maximum Gasteiger partial charge on any atom is 0.264 e. The van der Waals surface area contributed by atoms with Gasteiger partial charge in [0.25, 0.3) is 5.56 Å². The van der Waals surface area contributed by atoms with Gasteiger partial charge in [0.1, 0.15) is 12.4 Å². The first-order valence-electron chi connectivity index (χ1n) is 5.83. The number of halogens is 1. The van der Waals surface area contributed by atoms with Gasteiger partial charge in [0.2, 0.25) is 0 Å². The van der Waals surface area contributed by atoms with Gasteiger partial charge in [0.05, 0.1) is 9.26 Å². The summed E-state index contributed by atoms with van der Waals surface area (Å²) < 4.78 is 7.80. The van der Waals surface area contributed by atoms with E-state index < -0.39 is 0 Å². The van der Waals surface area contributed by atoms with Crippen LogP contribution in [0.2, 0.25) is 0 Å². The Balaban J connectivity index is 2.35. The van der Waals surface area contributed by atoms with Crippen molar-refractivity contribution in [3.05, 3.63) is 63.0 Å². The van der Waals surface area contributed by atoms with E-state index in [0.717, 1.165) is 20.6 Å². The van der Waals surface area contributed by atoms with Crippen molar-refractivity contribution in [2.24, 2.45) is 7.05 Å². The van der Waals surface area contributed by atoms with Crippen molar-refractivity contribution in [2.75, 3.05) is 6.61 Å². The van der Waals surface area contributed by atoms with Crippen molar-refractivity contribution in [2.45, 2.75) is 0 Å². The van der Waals surface area contributed by atoms with E-state index in [0.29, 0.717) is 6.61 Å². The minimum Gasteiger partial charge on any atom is -0.490 e. The number of hydrogen-bond donors (Lipinski definition) is 0. The molecule has 98 valence electrons. The van der Waals surface area contributed by atoms with Crippen molar-refractivity contribution in [1.82, 2.24) is 4.57 Å². The van der Waals surface area contributed by atoms with Crippen LogP contribution in [0.4, 0.5) is 0 Å². The molecule has 0 saturated heterocycles. The van der Waals surface area contributed by atoms with Crippen LogP contribution < -0.4 is 10.3 Å². The van der Waals surface area contributed by atoms with E-state index in [9.17, 15) is 4.79 Å². The van der Waals surface area contributed by atoms with Crippen molar-refractivity contribution < 1.29 is 4.74 Å². The van der Waals surface area contributed by atoms with Gasteiger partial charge >= 0.3 is 0 Å². The first-order chi connectivity index (χ1) is 9.13. The molecule has 2 rings (SSSR count). The summed E-state index contributed by atoms with van der Waals surface area (Å²) >= 11 is 2.04. The molecule has 0 atom stereocenters. The molecule has 0 spiro atoms. The van der Waals surface area contributed by atoms with Crippen molar-refractivity contribution >= 4 is 22.6 Å². The zero-order chi connectivity index (χ0) is 13.8. The summed E-state index contributed by atoms with van der Waals surface area (Å²) in [5.41, 5.74) is 1.90. The molecule has 1 aromatic carbocycles. The zero-order valence-electron chi connectivity index (χ0n) is 10.6. The predicted octanol–water partition coefficient (Wildman–Crippen LogP) is 3.22. The lowest BCUT2D eigenvalue weighted by atomic mass is 10.1. The Bertz CT molecular complexity index is 644. The van der Waals surface area contributed by atoms with Crippen LogP contribution in [0.3, 0.4) is 0 Å². The molecular weight excluding hydrogens is 353 g/mol. The molecular formula is C15H14INO2. The van der Waals surface area contributed by atoms with Crippen LogP contribution in [0.25, 0.3) is 11.3 Å². The summed E-state index contributed by atoms with van der Waals surface area (Å²) in [6.45, 7) is 4.09. The summed E-state index contributed by atoms with van der Waals surface area (Å²) in [4.78, 5) is 11.9. The first-order valence-corrected chi connectivity index (χ1v) is 6.91. The van der Waals surface area contributed by atoms with Crippen LogP contribution in [0.5, 0.6) is 5.75 Å². The van der Waals surface area contributed by atoms with Gasteiger partial charge in [-0.1, -0.05) is 12.7 Å². The normalized spacial score (nSPS) is 10.2. The van der Waals surface area contributed by atoms with Gasteiger partial charge in [-0.15, -0.1) is 0 Å². The predicted molar refractivity (Wildman–Crippen MR) is 85.5 cm³/mol. The number of pyridine rings is 1. The minimum absolute atomic E-state index is 0.0186. The average molecular weight is 367 g/mol. The van der Waals surface area contributed by atoms with Crippen LogP contribution in [-0.4, -0.2) is 11.2 Å². The fourth-order valence-corrected chi connectivity index (χ4v) is 2.31. The van der Waals surface area contributed by atoms with Crippen LogP contribution >= 0.6 is 22.6 Å². The summed E-state index contributed by atoms with van der Waals surface area (Å²) in [5, 5.41) is 0. The van der Waals surface area contributed by atoms with E-state index in [1.165, 1.54) is 0 Å². The topological polar surface area (TPSA) is 31.2 Å². The average Bonchev–Trinajstić information content (AvgIpc) is 2.44. The molecule has 0 N–H and O–H groups in total. The number of nitrogens with zero attached hydrogens (tertiary/aromatic N) is 1. The summed E-state index contributed by atoms with van der Waals surface area (Å²) in [6.07, 6.45) is 1.71. The maximum atomic E-state index is 11.9. The Morgan fingerprint density at radius 3 is 2.58 bits per heavy atom. The van der Waals surface area contributed by atoms with Gasteiger partial charge in [0.15, 0.2) is 0 Å². The third kappa shape index (κ3) is 3.07. The molecule has 0 aliphatic carbocycles. The van der Waals surface area contributed by atoms with E-state index >= 15 is 0 Å². The standard InChI is InChI=1S/C15H14INO2/c1-3-10-19-12-6-4-11(5-7-12)14-9-8-13(16)15(18)17(14)2/h3-9H,1,10H2,2H3. The van der Waals surface area contributed by atoms with E-state index in [4.69, 9.17) is 4.74 Å². The molecule has 0 radical (unpaired) electrons. The smallest absolute Gasteiger partial charge is 0.264 e. The molecule has 1 aromatic heterocycles. The van der Waals surface area contributed by atoms with Crippen molar-refractivity contribution in [3.8, 4) is 17.0 Å². The lowest BCUT2D eigenvalue weighted by Crippen LogP contribution is -2.20. The summed E-state index contributed by atoms with van der Waals surface area (Å²) in [7, 11) is 1.78. The molecule has 0 unspecified atom stereocenters. The largest absolute Gasteiger partial charge is 0.490 e. The Labute approximate surface area is 125 Å². The molecule has 19 heavy (non-hydrogen) atoms. The van der Waals surface area contributed by atoms with Crippen LogP contribution in [0, 0.1) is 3.57 Å². The third-order valence-electron chi connectivity index (χ3n) is 2.78. The highest BCUT2D eigenvalue weighted by Gasteiger charge is 2.05. The number of ether oxygens (including phenoxy) is 1. The maximum absolute atomic E-state index is 11.9. The summed E-state index contributed by atoms with van der Waals surface area (Å²) in [5.74, 6) is 0.791. The molecule has 0 aliphatic rings. The molecule has 0 bridgehead atoms. The van der Waals surface area contributed by atoms with Crippen LogP contribution in [0.15, 0.2) is 53.8 Å². The van der Waals surface area contributed by atoms with Gasteiger partial charge < -0.3 is 9.30 Å². The lowest BCUT2D eigenvalue weighted by Gasteiger charge is -2.09. The third-order valence-corrected chi connectivity index (χ3v) is 3.60. The molecule has 2 aromatic rings. The highest BCUT2D eigenvalue weighted by Crippen LogP contribution is 2.21. The lowest BCUT2D eigenvalue weighted by molar-refractivity contribution is 0.363. The Hall–Kier alpha value is -1.56. The Kier molecular flexibility index (Phi) is 4.42. The number of hydrogen-bond acceptors (Lipinski definition) is 2. The van der Waals surface area contributed by atoms with E-state index in [-0.39, 0.29) is 5.56 Å². The second-order valence-electron chi connectivity index (χ2n) is 4.05. The molecule has 4 heteroatoms. The van der Waals surface area contributed by atoms with E-state index in [1.807, 2.05) is 59.0 Å². The van der Waals surface area contributed by atoms with Crippen LogP contribution in [0.1, 0.15) is 0 Å². The monoisotopic (exact) mass is 367 g/mol. The molecule has 0 fully saturated rings. The van der Waals surface area contributed by atoms with Gasteiger partial charge in [-0.3, -0.25) is 4.79 Å². The Morgan fingerprint density at radius 2 is 1.95 bits per heavy atom. The fourth-order valence-electron chi connectivity index (χ4n) is 1.77. The molecule has 0 saturated carbocycles. The van der Waals surface area contributed by atoms with Crippen molar-refractivity contribution in [1.29, 1.82) is 0 Å². The van der Waals surface area contributed by atoms with Gasteiger partial charge in [0, 0.05) is 7.05 Å². The first kappa shape index (κ1) is 13.9. The second kappa shape index (κ2) is 6.06. The van der Waals surface area contributed by atoms with Gasteiger partial charge in [-0.25, -0.2) is 0 Å². The number of benzene rings is 1. The minimum atomic E-state index is 0.0186. The van der Waals surface area contributed by atoms with Gasteiger partial charge in [-0.2, -0.15) is 0 Å². The quantitative estimate of drug-likeness (QED) is 0.614. The van der Waals surface area contributed by atoms with Crippen molar-refractivity contribution in [3.63, 3.8) is 0 Å². The van der Waals surface area contributed by atoms with Crippen LogP contribution in [-0.2, 0) is 7.05 Å². The van der Waals surface area contributed by atoms with Gasteiger partial charge in [-0.05, 0) is 64.6 Å². The molecule has 0 amide bonds. The number of rotatable bonds is 4. The highest BCUT2D eigenvalue weighted by atomic mass is 127. The number of aromatic nitrogens is 1. The zero-order valence-corrected chi connectivity index (χ0v) is 12.8. The Morgan fingerprint density at radius 1 is 1.26 bits per heavy atom. The highest BCUT2D eigenvalue weighted by molar-refractivity contribution is 14.1. The van der Waals surface area contributed by atoms with E-state index in [2.05, 4.69) is 6.58 Å².